The fourth-order valence-electron chi connectivity index (χ4n) is 4.52. The Morgan fingerprint density at radius 3 is 2.58 bits per heavy atom. The minimum Gasteiger partial charge on any atom is -0.367 e. The highest BCUT2D eigenvalue weighted by Crippen LogP contribution is 2.36. The van der Waals surface area contributed by atoms with Gasteiger partial charge >= 0.3 is 0 Å². The summed E-state index contributed by atoms with van der Waals surface area (Å²) in [5.74, 6) is -0.530. The Bertz CT molecular complexity index is 1030. The molecular formula is C23H27F3N6O. The number of amides is 1. The standard InChI is InChI=1S/C23H27F3N6O/c1-14-6-15-8-19(30-23(33)18(10-27)22-28-11-17(24)12-29-22)20(9-16(15)7-14)32-4-2-31(3-5-32)13-21(25)26/h8-12,14,21,27-28H,2-7,13H2,1H3,(H,30,33)/b22-18-,27-10?. The molecule has 1 aromatic rings. The van der Waals surface area contributed by atoms with Crippen molar-refractivity contribution in [3.8, 4) is 0 Å². The molecule has 10 heteroatoms. The summed E-state index contributed by atoms with van der Waals surface area (Å²) >= 11 is 0. The first-order valence-corrected chi connectivity index (χ1v) is 11.0. The highest BCUT2D eigenvalue weighted by molar-refractivity contribution is 6.18. The van der Waals surface area contributed by atoms with Crippen LogP contribution in [-0.2, 0) is 17.6 Å². The van der Waals surface area contributed by atoms with Crippen molar-refractivity contribution in [2.45, 2.75) is 26.2 Å². The smallest absolute Gasteiger partial charge is 0.261 e. The number of fused-ring (bicyclic) bond motifs is 1. The number of rotatable bonds is 6. The Labute approximate surface area is 190 Å². The molecule has 0 spiro atoms. The van der Waals surface area contributed by atoms with E-state index >= 15 is 0 Å². The minimum atomic E-state index is -2.36. The van der Waals surface area contributed by atoms with Crippen LogP contribution < -0.4 is 15.5 Å². The first-order chi connectivity index (χ1) is 15.8. The van der Waals surface area contributed by atoms with Crippen molar-refractivity contribution in [2.24, 2.45) is 10.9 Å². The molecule has 3 aliphatic rings. The maximum Gasteiger partial charge on any atom is 0.261 e. The zero-order chi connectivity index (χ0) is 23.5. The highest BCUT2D eigenvalue weighted by Gasteiger charge is 2.26. The number of hydrogen-bond acceptors (Lipinski definition) is 6. The van der Waals surface area contributed by atoms with Crippen molar-refractivity contribution in [1.29, 1.82) is 5.41 Å². The van der Waals surface area contributed by atoms with Gasteiger partial charge in [0.05, 0.1) is 29.7 Å². The van der Waals surface area contributed by atoms with Gasteiger partial charge in [-0.25, -0.2) is 18.2 Å². The first-order valence-electron chi connectivity index (χ1n) is 11.0. The SMILES string of the molecule is CC1Cc2cc(NC(=O)/C(C=N)=C3\N=CC(F)=CN3)c(N3CCN(CC(F)F)CC3)cc2C1. The monoisotopic (exact) mass is 460 g/mol. The summed E-state index contributed by atoms with van der Waals surface area (Å²) in [6.45, 7) is 4.10. The summed E-state index contributed by atoms with van der Waals surface area (Å²) < 4.78 is 38.7. The van der Waals surface area contributed by atoms with Gasteiger partial charge in [0, 0.05) is 38.6 Å². The van der Waals surface area contributed by atoms with Gasteiger partial charge in [-0.1, -0.05) is 6.92 Å². The second-order valence-corrected chi connectivity index (χ2v) is 8.62. The average Bonchev–Trinajstić information content (AvgIpc) is 3.14. The molecule has 3 N–H and O–H groups in total. The molecule has 0 radical (unpaired) electrons. The second-order valence-electron chi connectivity index (χ2n) is 8.62. The quantitative estimate of drug-likeness (QED) is 0.450. The molecule has 1 aromatic carbocycles. The molecule has 1 aliphatic carbocycles. The van der Waals surface area contributed by atoms with Crippen LogP contribution in [0.5, 0.6) is 0 Å². The van der Waals surface area contributed by atoms with Crippen molar-refractivity contribution in [3.63, 3.8) is 0 Å². The molecule has 0 saturated carbocycles. The minimum absolute atomic E-state index is 0.0310. The molecule has 176 valence electrons. The van der Waals surface area contributed by atoms with Crippen LogP contribution in [0.4, 0.5) is 24.5 Å². The lowest BCUT2D eigenvalue weighted by Gasteiger charge is -2.37. The molecule has 1 saturated heterocycles. The van der Waals surface area contributed by atoms with Gasteiger partial charge in [0.1, 0.15) is 5.82 Å². The Kier molecular flexibility index (Phi) is 6.83. The molecule has 33 heavy (non-hydrogen) atoms. The van der Waals surface area contributed by atoms with Crippen LogP contribution in [-0.4, -0.2) is 62.4 Å². The molecule has 7 nitrogen and oxygen atoms in total. The Morgan fingerprint density at radius 2 is 1.97 bits per heavy atom. The highest BCUT2D eigenvalue weighted by atomic mass is 19.3. The van der Waals surface area contributed by atoms with Gasteiger partial charge in [-0.3, -0.25) is 9.69 Å². The van der Waals surface area contributed by atoms with E-state index in [1.807, 2.05) is 6.07 Å². The zero-order valence-corrected chi connectivity index (χ0v) is 18.4. The van der Waals surface area contributed by atoms with E-state index in [0.717, 1.165) is 37.2 Å². The normalized spacial score (nSPS) is 22.0. The van der Waals surface area contributed by atoms with Crippen molar-refractivity contribution in [3.05, 3.63) is 46.7 Å². The number of anilines is 2. The van der Waals surface area contributed by atoms with Crippen LogP contribution in [0, 0.1) is 11.3 Å². The maximum absolute atomic E-state index is 13.2. The lowest BCUT2D eigenvalue weighted by atomic mass is 10.1. The number of carbonyl (C=O) groups excluding carboxylic acids is 1. The zero-order valence-electron chi connectivity index (χ0n) is 18.4. The number of piperazine rings is 1. The van der Waals surface area contributed by atoms with E-state index in [1.54, 1.807) is 4.90 Å². The van der Waals surface area contributed by atoms with Crippen LogP contribution in [0.3, 0.4) is 0 Å². The van der Waals surface area contributed by atoms with Crippen LogP contribution in [0.25, 0.3) is 0 Å². The molecule has 0 bridgehead atoms. The summed E-state index contributed by atoms with van der Waals surface area (Å²) in [4.78, 5) is 20.8. The third kappa shape index (κ3) is 5.27. The number of aliphatic imine (C=N–C) groups is 1. The predicted octanol–water partition coefficient (Wildman–Crippen LogP) is 3.09. The van der Waals surface area contributed by atoms with Crippen LogP contribution >= 0.6 is 0 Å². The van der Waals surface area contributed by atoms with E-state index < -0.39 is 18.2 Å². The van der Waals surface area contributed by atoms with Crippen molar-refractivity contribution in [1.82, 2.24) is 10.2 Å². The maximum atomic E-state index is 13.2. The van der Waals surface area contributed by atoms with E-state index in [1.165, 1.54) is 11.1 Å². The lowest BCUT2D eigenvalue weighted by Crippen LogP contribution is -2.48. The van der Waals surface area contributed by atoms with Gasteiger partial charge < -0.3 is 20.9 Å². The number of hydrogen-bond donors (Lipinski definition) is 3. The van der Waals surface area contributed by atoms with Crippen molar-refractivity contribution in [2.75, 3.05) is 42.9 Å². The van der Waals surface area contributed by atoms with Crippen molar-refractivity contribution >= 4 is 29.7 Å². The Balaban J connectivity index is 1.59. The number of nitrogens with zero attached hydrogens (tertiary/aromatic N) is 3. The summed E-state index contributed by atoms with van der Waals surface area (Å²) in [5, 5.41) is 13.2. The van der Waals surface area contributed by atoms with Gasteiger partial charge in [-0.2, -0.15) is 0 Å². The number of alkyl halides is 2. The van der Waals surface area contributed by atoms with Crippen LogP contribution in [0.1, 0.15) is 18.1 Å². The number of carbonyl (C=O) groups is 1. The largest absolute Gasteiger partial charge is 0.367 e. The molecule has 1 fully saturated rings. The summed E-state index contributed by atoms with van der Waals surface area (Å²) in [7, 11) is 0. The number of halogens is 3. The van der Waals surface area contributed by atoms with E-state index in [2.05, 4.69) is 33.5 Å². The fraction of sp³-hybridized carbons (Fsp3) is 0.435. The fourth-order valence-corrected chi connectivity index (χ4v) is 4.52. The topological polar surface area (TPSA) is 83.8 Å². The lowest BCUT2D eigenvalue weighted by molar-refractivity contribution is -0.112. The average molecular weight is 461 g/mol. The first kappa shape index (κ1) is 23.0. The third-order valence-electron chi connectivity index (χ3n) is 6.12. The van der Waals surface area contributed by atoms with Gasteiger partial charge in [0.25, 0.3) is 12.3 Å². The second kappa shape index (κ2) is 9.78. The summed E-state index contributed by atoms with van der Waals surface area (Å²) in [5.41, 5.74) is 3.82. The van der Waals surface area contributed by atoms with E-state index in [4.69, 9.17) is 5.41 Å². The predicted molar refractivity (Wildman–Crippen MR) is 123 cm³/mol. The number of benzene rings is 1. The van der Waals surface area contributed by atoms with Gasteiger partial charge in [-0.05, 0) is 42.0 Å². The van der Waals surface area contributed by atoms with Gasteiger partial charge in [0.15, 0.2) is 5.83 Å². The molecule has 2 heterocycles. The molecule has 2 aliphatic heterocycles. The van der Waals surface area contributed by atoms with Gasteiger partial charge in [-0.15, -0.1) is 0 Å². The van der Waals surface area contributed by atoms with Crippen LogP contribution in [0.15, 0.2) is 40.5 Å². The van der Waals surface area contributed by atoms with Crippen molar-refractivity contribution < 1.29 is 18.0 Å². The molecule has 1 unspecified atom stereocenters. The van der Waals surface area contributed by atoms with Gasteiger partial charge in [0.2, 0.25) is 0 Å². The van der Waals surface area contributed by atoms with E-state index in [0.29, 0.717) is 37.8 Å². The van der Waals surface area contributed by atoms with E-state index in [-0.39, 0.29) is 17.9 Å². The molecule has 1 amide bonds. The number of nitrogens with one attached hydrogen (secondary N) is 3. The summed E-state index contributed by atoms with van der Waals surface area (Å²) in [6, 6.07) is 4.06. The van der Waals surface area contributed by atoms with E-state index in [9.17, 15) is 18.0 Å². The summed E-state index contributed by atoms with van der Waals surface area (Å²) in [6.07, 6.45) is 2.43. The molecule has 0 aromatic heterocycles. The molecule has 1 atom stereocenters. The Hall–Kier alpha value is -3.14. The third-order valence-corrected chi connectivity index (χ3v) is 6.12. The Morgan fingerprint density at radius 1 is 1.27 bits per heavy atom. The number of allylic oxidation sites excluding steroid dienone is 1. The molecule has 4 rings (SSSR count). The van der Waals surface area contributed by atoms with Crippen LogP contribution in [0.2, 0.25) is 0 Å². The molecular weight excluding hydrogens is 433 g/mol.